The van der Waals surface area contributed by atoms with Crippen LogP contribution in [0.5, 0.6) is 0 Å². The normalized spacial score (nSPS) is 26.5. The highest BCUT2D eigenvalue weighted by Gasteiger charge is 2.40. The van der Waals surface area contributed by atoms with E-state index in [1.165, 1.54) is 4.90 Å². The van der Waals surface area contributed by atoms with Gasteiger partial charge in [0.15, 0.2) is 0 Å². The van der Waals surface area contributed by atoms with Crippen molar-refractivity contribution >= 4 is 17.7 Å². The summed E-state index contributed by atoms with van der Waals surface area (Å²) in [6.45, 7) is 0.862. The van der Waals surface area contributed by atoms with E-state index in [1.807, 2.05) is 6.07 Å². The van der Waals surface area contributed by atoms with E-state index < -0.39 is 17.9 Å². The Hall–Kier alpha value is -2.39. The third kappa shape index (κ3) is 3.64. The summed E-state index contributed by atoms with van der Waals surface area (Å²) < 4.78 is 26.5. The molecule has 3 heterocycles. The number of piperidine rings is 1. The minimum atomic E-state index is -2.66. The van der Waals surface area contributed by atoms with Crippen LogP contribution in [0.25, 0.3) is 0 Å². The molecule has 4 rings (SSSR count). The van der Waals surface area contributed by atoms with E-state index in [-0.39, 0.29) is 37.2 Å². The number of rotatable bonds is 5. The summed E-state index contributed by atoms with van der Waals surface area (Å²) in [5.74, 6) is -3.63. The number of hydrogen-bond donors (Lipinski definition) is 3. The highest BCUT2D eigenvalue weighted by Crippen LogP contribution is 2.30. The molecule has 1 aromatic carbocycles. The van der Waals surface area contributed by atoms with Crippen molar-refractivity contribution in [3.05, 3.63) is 34.9 Å². The lowest BCUT2D eigenvalue weighted by molar-refractivity contribution is -0.136. The second-order valence-electron chi connectivity index (χ2n) is 7.61. The number of halogens is 2. The van der Waals surface area contributed by atoms with Crippen LogP contribution in [-0.4, -0.2) is 53.7 Å². The van der Waals surface area contributed by atoms with E-state index in [1.54, 1.807) is 12.1 Å². The molecule has 0 aromatic heterocycles. The summed E-state index contributed by atoms with van der Waals surface area (Å²) in [5, 5.41) is 8.28. The van der Waals surface area contributed by atoms with Crippen LogP contribution < -0.4 is 16.0 Å². The summed E-state index contributed by atoms with van der Waals surface area (Å²) in [4.78, 5) is 37.8. The Morgan fingerprint density at radius 2 is 2.07 bits per heavy atom. The van der Waals surface area contributed by atoms with E-state index in [0.29, 0.717) is 31.6 Å². The third-order valence-corrected chi connectivity index (χ3v) is 5.58. The Bertz CT molecular complexity index is 829. The Labute approximate surface area is 160 Å². The summed E-state index contributed by atoms with van der Waals surface area (Å²) in [6.07, 6.45) is 0.345. The van der Waals surface area contributed by atoms with Crippen LogP contribution >= 0.6 is 0 Å². The van der Waals surface area contributed by atoms with Crippen molar-refractivity contribution in [3.8, 4) is 0 Å². The van der Waals surface area contributed by atoms with Crippen LogP contribution in [-0.2, 0) is 22.7 Å². The largest absolute Gasteiger partial charge is 0.322 e. The van der Waals surface area contributed by atoms with Gasteiger partial charge in [0.05, 0.1) is 6.54 Å². The van der Waals surface area contributed by atoms with Crippen molar-refractivity contribution in [2.24, 2.45) is 0 Å². The van der Waals surface area contributed by atoms with E-state index in [0.717, 1.165) is 11.1 Å². The number of alkyl halides is 2. The fourth-order valence-corrected chi connectivity index (χ4v) is 4.14. The van der Waals surface area contributed by atoms with Crippen molar-refractivity contribution in [1.82, 2.24) is 20.9 Å². The number of nitrogens with one attached hydrogen (secondary N) is 3. The first-order chi connectivity index (χ1) is 13.3. The molecule has 150 valence electrons. The average molecular weight is 392 g/mol. The van der Waals surface area contributed by atoms with E-state index in [4.69, 9.17) is 0 Å². The Morgan fingerprint density at radius 3 is 2.79 bits per heavy atom. The summed E-state index contributed by atoms with van der Waals surface area (Å²) in [6, 6.07) is 4.47. The van der Waals surface area contributed by atoms with Gasteiger partial charge in [0, 0.05) is 44.1 Å². The molecule has 0 radical (unpaired) electrons. The molecule has 28 heavy (non-hydrogen) atoms. The first kappa shape index (κ1) is 18.9. The fourth-order valence-electron chi connectivity index (χ4n) is 4.14. The molecule has 2 fully saturated rings. The lowest BCUT2D eigenvalue weighted by atomic mass is 10.0. The molecule has 1 unspecified atom stereocenters. The minimum Gasteiger partial charge on any atom is -0.322 e. The van der Waals surface area contributed by atoms with Gasteiger partial charge in [-0.05, 0) is 23.6 Å². The number of hydrogen-bond acceptors (Lipinski definition) is 5. The summed E-state index contributed by atoms with van der Waals surface area (Å²) >= 11 is 0. The van der Waals surface area contributed by atoms with Gasteiger partial charge in [-0.25, -0.2) is 8.78 Å². The Balaban J connectivity index is 1.41. The zero-order chi connectivity index (χ0) is 19.9. The molecule has 9 heteroatoms. The number of amides is 3. The van der Waals surface area contributed by atoms with Gasteiger partial charge >= 0.3 is 0 Å². The fraction of sp³-hybridized carbons (Fsp3) is 0.526. The molecule has 0 aliphatic carbocycles. The monoisotopic (exact) mass is 392 g/mol. The number of imide groups is 1. The van der Waals surface area contributed by atoms with Crippen LogP contribution in [0.15, 0.2) is 18.2 Å². The lowest BCUT2D eigenvalue weighted by Gasteiger charge is -2.29. The van der Waals surface area contributed by atoms with E-state index in [9.17, 15) is 23.2 Å². The number of benzene rings is 1. The zero-order valence-electron chi connectivity index (χ0n) is 15.3. The first-order valence-electron chi connectivity index (χ1n) is 9.41. The molecule has 0 bridgehead atoms. The van der Waals surface area contributed by atoms with Crippen LogP contribution in [0.2, 0.25) is 0 Å². The second kappa shape index (κ2) is 7.21. The van der Waals surface area contributed by atoms with Crippen molar-refractivity contribution < 1.29 is 23.2 Å². The van der Waals surface area contributed by atoms with Crippen molar-refractivity contribution in [2.45, 2.75) is 50.4 Å². The van der Waals surface area contributed by atoms with Crippen LogP contribution in [0.3, 0.4) is 0 Å². The molecule has 3 amide bonds. The zero-order valence-corrected chi connectivity index (χ0v) is 15.3. The lowest BCUT2D eigenvalue weighted by Crippen LogP contribution is -2.52. The molecule has 0 spiro atoms. The van der Waals surface area contributed by atoms with Crippen molar-refractivity contribution in [2.75, 3.05) is 13.1 Å². The highest BCUT2D eigenvalue weighted by molar-refractivity contribution is 6.05. The number of nitrogens with zero attached hydrogens (tertiary/aromatic N) is 1. The molecule has 1 aromatic rings. The van der Waals surface area contributed by atoms with Gasteiger partial charge in [-0.2, -0.15) is 0 Å². The minimum absolute atomic E-state index is 0.186. The van der Waals surface area contributed by atoms with E-state index >= 15 is 0 Å². The smallest absolute Gasteiger partial charge is 0.261 e. The van der Waals surface area contributed by atoms with Gasteiger partial charge in [0.25, 0.3) is 11.8 Å². The number of fused-ring (bicyclic) bond motifs is 1. The Kier molecular flexibility index (Phi) is 4.88. The van der Waals surface area contributed by atoms with E-state index in [2.05, 4.69) is 16.0 Å². The molecule has 2 atom stereocenters. The van der Waals surface area contributed by atoms with Gasteiger partial charge in [0.2, 0.25) is 11.8 Å². The van der Waals surface area contributed by atoms with Crippen LogP contribution in [0.1, 0.15) is 40.7 Å². The van der Waals surface area contributed by atoms with Gasteiger partial charge in [0.1, 0.15) is 6.04 Å². The van der Waals surface area contributed by atoms with Crippen LogP contribution in [0.4, 0.5) is 8.78 Å². The van der Waals surface area contributed by atoms with Gasteiger partial charge in [-0.3, -0.25) is 19.7 Å². The highest BCUT2D eigenvalue weighted by atomic mass is 19.3. The average Bonchev–Trinajstić information content (AvgIpc) is 3.15. The quantitative estimate of drug-likeness (QED) is 0.637. The molecular weight excluding hydrogens is 370 g/mol. The summed E-state index contributed by atoms with van der Waals surface area (Å²) in [5.41, 5.74) is 2.30. The van der Waals surface area contributed by atoms with Crippen LogP contribution in [0, 0.1) is 0 Å². The predicted molar refractivity (Wildman–Crippen MR) is 95.5 cm³/mol. The molecule has 7 nitrogen and oxygen atoms in total. The summed E-state index contributed by atoms with van der Waals surface area (Å²) in [7, 11) is 0. The maximum atomic E-state index is 13.3. The topological polar surface area (TPSA) is 90.5 Å². The van der Waals surface area contributed by atoms with Crippen molar-refractivity contribution in [1.29, 1.82) is 0 Å². The number of carbonyl (C=O) groups excluding carboxylic acids is 3. The third-order valence-electron chi connectivity index (χ3n) is 5.58. The maximum Gasteiger partial charge on any atom is 0.261 e. The Morgan fingerprint density at radius 1 is 1.25 bits per heavy atom. The second-order valence-corrected chi connectivity index (χ2v) is 7.61. The van der Waals surface area contributed by atoms with Gasteiger partial charge in [-0.15, -0.1) is 0 Å². The predicted octanol–water partition coefficient (Wildman–Crippen LogP) is 0.534. The molecule has 3 aliphatic rings. The standard InChI is InChI=1S/C19H22F2N4O3/c20-19(21)6-12(23-10-19)8-22-7-11-2-1-3-13-14(11)9-25(18(13)28)15-4-5-16(26)24-17(15)27/h1-3,12,15,22-23H,4-10H2,(H,24,26,27)/t12-,15?/m0/s1. The number of carbonyl (C=O) groups is 3. The molecule has 3 aliphatic heterocycles. The van der Waals surface area contributed by atoms with Crippen molar-refractivity contribution in [3.63, 3.8) is 0 Å². The van der Waals surface area contributed by atoms with Gasteiger partial charge in [-0.1, -0.05) is 12.1 Å². The molecule has 2 saturated heterocycles. The maximum absolute atomic E-state index is 13.3. The SMILES string of the molecule is O=C1CCC(N2Cc3c(CNC[C@@H]4CC(F)(F)CN4)cccc3C2=O)C(=O)N1. The molecule has 3 N–H and O–H groups in total. The molecule has 0 saturated carbocycles. The van der Waals surface area contributed by atoms with Gasteiger partial charge < -0.3 is 15.5 Å². The first-order valence-corrected chi connectivity index (χ1v) is 9.41. The molecular formula is C19H22F2N4O3.